The van der Waals surface area contributed by atoms with Crippen LogP contribution >= 0.6 is 23.2 Å². The van der Waals surface area contributed by atoms with Crippen LogP contribution in [0, 0.1) is 0 Å². The quantitative estimate of drug-likeness (QED) is 0.511. The number of nitrogens with two attached hydrogens (primary N) is 1. The first-order valence-corrected chi connectivity index (χ1v) is 9.53. The molecule has 2 atom stereocenters. The first kappa shape index (κ1) is 21.0. The number of halogens is 2. The van der Waals surface area contributed by atoms with Gasteiger partial charge in [0, 0.05) is 31.7 Å². The molecule has 0 aliphatic carbocycles. The molecule has 0 spiro atoms. The molecule has 3 rings (SSSR count). The first-order valence-electron chi connectivity index (χ1n) is 8.78. The minimum Gasteiger partial charge on any atom is -0.394 e. The number of hydrogen-bond acceptors (Lipinski definition) is 9. The van der Waals surface area contributed by atoms with Crippen molar-refractivity contribution in [3.63, 3.8) is 0 Å². The molecule has 28 heavy (non-hydrogen) atoms. The highest BCUT2D eigenvalue weighted by atomic mass is 35.5. The van der Waals surface area contributed by atoms with Crippen LogP contribution in [0.4, 0.5) is 11.8 Å². The molecule has 2 heterocycles. The van der Waals surface area contributed by atoms with Gasteiger partial charge in [0.1, 0.15) is 5.69 Å². The molecule has 0 radical (unpaired) electrons. The molecule has 1 aromatic heterocycles. The Labute approximate surface area is 172 Å². The summed E-state index contributed by atoms with van der Waals surface area (Å²) in [5.74, 6) is 0.463. The summed E-state index contributed by atoms with van der Waals surface area (Å²) in [4.78, 5) is 8.15. The number of benzene rings is 1. The lowest BCUT2D eigenvalue weighted by Crippen LogP contribution is -2.56. The smallest absolute Gasteiger partial charge is 0.247 e. The average Bonchev–Trinajstić information content (AvgIpc) is 2.70. The number of aliphatic hydroxyl groups excluding tert-OH is 3. The zero-order valence-electron chi connectivity index (χ0n) is 15.0. The fourth-order valence-corrected chi connectivity index (χ4v) is 3.58. The molecule has 5 N–H and O–H groups in total. The highest BCUT2D eigenvalue weighted by Crippen LogP contribution is 2.34. The lowest BCUT2D eigenvalue weighted by Gasteiger charge is -2.41. The molecule has 1 aliphatic heterocycles. The highest BCUT2D eigenvalue weighted by molar-refractivity contribution is 6.43. The number of anilines is 2. The van der Waals surface area contributed by atoms with Crippen LogP contribution in [-0.4, -0.2) is 86.9 Å². The van der Waals surface area contributed by atoms with Gasteiger partial charge in [-0.15, -0.1) is 10.2 Å². The van der Waals surface area contributed by atoms with Gasteiger partial charge >= 0.3 is 0 Å². The van der Waals surface area contributed by atoms with Crippen molar-refractivity contribution in [3.8, 4) is 11.3 Å². The Bertz CT molecular complexity index is 827. The first-order chi connectivity index (χ1) is 13.4. The van der Waals surface area contributed by atoms with Crippen LogP contribution in [0.15, 0.2) is 18.2 Å². The molecule has 152 valence electrons. The van der Waals surface area contributed by atoms with Gasteiger partial charge in [0.25, 0.3) is 0 Å². The molecular formula is C17H22Cl2N6O3. The number of aromatic nitrogens is 3. The second-order valence-corrected chi connectivity index (χ2v) is 7.36. The van der Waals surface area contributed by atoms with Crippen molar-refractivity contribution < 1.29 is 15.3 Å². The Morgan fingerprint density at radius 1 is 1.21 bits per heavy atom. The Kier molecular flexibility index (Phi) is 6.86. The second-order valence-electron chi connectivity index (χ2n) is 6.57. The summed E-state index contributed by atoms with van der Waals surface area (Å²) < 4.78 is 0. The molecule has 1 fully saturated rings. The fourth-order valence-electron chi connectivity index (χ4n) is 3.19. The van der Waals surface area contributed by atoms with Gasteiger partial charge in [-0.2, -0.15) is 4.98 Å². The fraction of sp³-hybridized carbons (Fsp3) is 0.471. The third-order valence-corrected chi connectivity index (χ3v) is 5.44. The van der Waals surface area contributed by atoms with Crippen molar-refractivity contribution in [2.45, 2.75) is 12.1 Å². The maximum absolute atomic E-state index is 9.78. The van der Waals surface area contributed by atoms with E-state index in [0.717, 1.165) is 0 Å². The summed E-state index contributed by atoms with van der Waals surface area (Å²) in [7, 11) is 0. The molecule has 1 aromatic carbocycles. The summed E-state index contributed by atoms with van der Waals surface area (Å²) in [6, 6.07) is 4.84. The zero-order chi connectivity index (χ0) is 20.3. The molecule has 9 nitrogen and oxygen atoms in total. The average molecular weight is 429 g/mol. The van der Waals surface area contributed by atoms with Crippen LogP contribution in [0.5, 0.6) is 0 Å². The van der Waals surface area contributed by atoms with E-state index in [0.29, 0.717) is 53.4 Å². The Morgan fingerprint density at radius 3 is 2.68 bits per heavy atom. The molecule has 1 aliphatic rings. The Morgan fingerprint density at radius 2 is 2.00 bits per heavy atom. The van der Waals surface area contributed by atoms with Gasteiger partial charge in [0.15, 0.2) is 5.82 Å². The number of hydrogen-bond donors (Lipinski definition) is 4. The van der Waals surface area contributed by atoms with E-state index >= 15 is 0 Å². The van der Waals surface area contributed by atoms with Crippen LogP contribution in [0.25, 0.3) is 11.3 Å². The molecule has 0 amide bonds. The maximum Gasteiger partial charge on any atom is 0.247 e. The number of rotatable bonds is 6. The summed E-state index contributed by atoms with van der Waals surface area (Å²) in [5.41, 5.74) is 6.98. The largest absolute Gasteiger partial charge is 0.394 e. The van der Waals surface area contributed by atoms with Gasteiger partial charge in [0.05, 0.1) is 35.4 Å². The van der Waals surface area contributed by atoms with Crippen LogP contribution in [0.1, 0.15) is 0 Å². The summed E-state index contributed by atoms with van der Waals surface area (Å²) in [6.07, 6.45) is -0.818. The van der Waals surface area contributed by atoms with Gasteiger partial charge in [-0.1, -0.05) is 35.3 Å². The van der Waals surface area contributed by atoms with E-state index in [1.54, 1.807) is 18.2 Å². The minimum atomic E-state index is -0.818. The van der Waals surface area contributed by atoms with E-state index in [9.17, 15) is 10.2 Å². The molecule has 1 saturated heterocycles. The van der Waals surface area contributed by atoms with Crippen molar-refractivity contribution >= 4 is 35.0 Å². The highest BCUT2D eigenvalue weighted by Gasteiger charge is 2.30. The van der Waals surface area contributed by atoms with Gasteiger partial charge in [-0.25, -0.2) is 0 Å². The summed E-state index contributed by atoms with van der Waals surface area (Å²) >= 11 is 12.3. The topological polar surface area (TPSA) is 132 Å². The SMILES string of the molecule is Nc1nc(N2CCN(CC(O)CO)CC2CO)nnc1-c1cccc(Cl)c1Cl. The number of aliphatic hydroxyl groups is 3. The molecule has 2 unspecified atom stereocenters. The van der Waals surface area contributed by atoms with E-state index in [2.05, 4.69) is 15.2 Å². The summed E-state index contributed by atoms with van der Waals surface area (Å²) in [5, 5.41) is 37.5. The summed E-state index contributed by atoms with van der Waals surface area (Å²) in [6.45, 7) is 1.51. The van der Waals surface area contributed by atoms with Crippen LogP contribution in [0.3, 0.4) is 0 Å². The van der Waals surface area contributed by atoms with Gasteiger partial charge in [0.2, 0.25) is 5.95 Å². The molecule has 0 bridgehead atoms. The van der Waals surface area contributed by atoms with Gasteiger partial charge in [-0.05, 0) is 6.07 Å². The zero-order valence-corrected chi connectivity index (χ0v) is 16.6. The second kappa shape index (κ2) is 9.17. The van der Waals surface area contributed by atoms with Crippen LogP contribution in [-0.2, 0) is 0 Å². The molecule has 2 aromatic rings. The minimum absolute atomic E-state index is 0.128. The predicted octanol–water partition coefficient (Wildman–Crippen LogP) is 0.264. The van der Waals surface area contributed by atoms with Crippen molar-refractivity contribution in [1.82, 2.24) is 20.1 Å². The number of nitrogen functional groups attached to an aromatic ring is 1. The maximum atomic E-state index is 9.78. The van der Waals surface area contributed by atoms with Crippen LogP contribution < -0.4 is 10.6 Å². The van der Waals surface area contributed by atoms with Gasteiger partial charge < -0.3 is 26.0 Å². The standard InChI is InChI=1S/C17H22Cl2N6O3/c18-13-3-1-2-12(14(13)19)15-16(20)21-17(23-22-15)25-5-4-24(6-10(25)8-26)7-11(28)9-27/h1-3,10-11,26-28H,4-9H2,(H2,20,21,23). The molecule has 11 heteroatoms. The molecule has 0 saturated carbocycles. The number of piperazine rings is 1. The van der Waals surface area contributed by atoms with E-state index in [4.69, 9.17) is 34.0 Å². The van der Waals surface area contributed by atoms with Crippen molar-refractivity contribution in [3.05, 3.63) is 28.2 Å². The third-order valence-electron chi connectivity index (χ3n) is 4.62. The van der Waals surface area contributed by atoms with E-state index in [1.807, 2.05) is 9.80 Å². The van der Waals surface area contributed by atoms with E-state index in [1.165, 1.54) is 0 Å². The lowest BCUT2D eigenvalue weighted by molar-refractivity contribution is 0.0491. The third kappa shape index (κ3) is 4.45. The molecular weight excluding hydrogens is 407 g/mol. The lowest BCUT2D eigenvalue weighted by atomic mass is 10.1. The number of nitrogens with zero attached hydrogens (tertiary/aromatic N) is 5. The van der Waals surface area contributed by atoms with Gasteiger partial charge in [-0.3, -0.25) is 4.90 Å². The van der Waals surface area contributed by atoms with Crippen LogP contribution in [0.2, 0.25) is 10.0 Å². The van der Waals surface area contributed by atoms with Crippen molar-refractivity contribution in [1.29, 1.82) is 0 Å². The van der Waals surface area contributed by atoms with E-state index < -0.39 is 6.10 Å². The predicted molar refractivity (Wildman–Crippen MR) is 107 cm³/mol. The Balaban J connectivity index is 1.81. The number of β-amino-alcohol motifs (C(OH)–C–C–N with tert-alkyl or cyclic N) is 1. The van der Waals surface area contributed by atoms with E-state index in [-0.39, 0.29) is 25.1 Å². The Hall–Kier alpha value is -1.75. The van der Waals surface area contributed by atoms with Crippen molar-refractivity contribution in [2.75, 3.05) is 50.0 Å². The normalized spacial score (nSPS) is 19.0. The van der Waals surface area contributed by atoms with Crippen molar-refractivity contribution in [2.24, 2.45) is 0 Å². The monoisotopic (exact) mass is 428 g/mol.